The van der Waals surface area contributed by atoms with Gasteiger partial charge in [-0.1, -0.05) is 164 Å². The van der Waals surface area contributed by atoms with Crippen molar-refractivity contribution in [1.29, 1.82) is 0 Å². The number of para-hydroxylation sites is 1. The van der Waals surface area contributed by atoms with Gasteiger partial charge in [0.15, 0.2) is 5.76 Å². The first kappa shape index (κ1) is 34.8. The summed E-state index contributed by atoms with van der Waals surface area (Å²) in [7, 11) is 0. The van der Waals surface area contributed by atoms with E-state index in [1.165, 1.54) is 0 Å². The van der Waals surface area contributed by atoms with Crippen molar-refractivity contribution in [3.05, 3.63) is 199 Å². The number of fused-ring (bicyclic) bond motifs is 8. The van der Waals surface area contributed by atoms with Gasteiger partial charge in [0.25, 0.3) is 0 Å². The third-order valence-electron chi connectivity index (χ3n) is 9.90. The second kappa shape index (κ2) is 15.0. The van der Waals surface area contributed by atoms with Crippen molar-refractivity contribution in [2.75, 3.05) is 0 Å². The minimum atomic E-state index is 0. The molecule has 1 radical (unpaired) electrons. The van der Waals surface area contributed by atoms with Crippen LogP contribution in [0, 0.1) is 0 Å². The molecule has 0 fully saturated rings. The number of aromatic nitrogens is 4. The fourth-order valence-electron chi connectivity index (χ4n) is 7.43. The Morgan fingerprint density at radius 2 is 0.714 bits per heavy atom. The molecule has 56 heavy (non-hydrogen) atoms. The SMILES string of the molecule is C1=Cc2nc1c(-c1ccccc1)c1ccc([n-]1)c(-c1ccccc1)c1nc(c(-c3ccccc3)c3ccc([n-]3)c2-c2ccccc2)C(Oc2ccccc2)=C1.[Cu+2]. The molecule has 0 N–H and O–H groups in total. The van der Waals surface area contributed by atoms with Crippen molar-refractivity contribution in [3.63, 3.8) is 0 Å². The van der Waals surface area contributed by atoms with Crippen molar-refractivity contribution in [1.82, 2.24) is 19.9 Å². The molecular formula is C50H32CuN4O. The van der Waals surface area contributed by atoms with Gasteiger partial charge in [0.2, 0.25) is 0 Å². The van der Waals surface area contributed by atoms with E-state index in [2.05, 4.69) is 109 Å². The first-order valence-electron chi connectivity index (χ1n) is 18.3. The molecule has 0 saturated carbocycles. The largest absolute Gasteiger partial charge is 2.00 e. The molecule has 0 saturated heterocycles. The summed E-state index contributed by atoms with van der Waals surface area (Å²) < 4.78 is 6.75. The first-order valence-corrected chi connectivity index (χ1v) is 18.3. The molecule has 2 aliphatic heterocycles. The topological polar surface area (TPSA) is 63.2 Å². The molecule has 6 heteroatoms. The van der Waals surface area contributed by atoms with Gasteiger partial charge in [0.1, 0.15) is 11.4 Å². The van der Waals surface area contributed by atoms with Crippen LogP contribution in [0.5, 0.6) is 5.75 Å². The number of hydrogen-bond donors (Lipinski definition) is 0. The Labute approximate surface area is 335 Å². The van der Waals surface area contributed by atoms with E-state index in [4.69, 9.17) is 24.7 Å². The summed E-state index contributed by atoms with van der Waals surface area (Å²) in [6, 6.07) is 59.6. The maximum absolute atomic E-state index is 6.75. The minimum Gasteiger partial charge on any atom is -0.657 e. The van der Waals surface area contributed by atoms with Gasteiger partial charge in [-0.25, -0.2) is 9.97 Å². The monoisotopic (exact) mass is 767 g/mol. The fourth-order valence-corrected chi connectivity index (χ4v) is 7.43. The first-order chi connectivity index (χ1) is 27.3. The molecule has 0 aliphatic carbocycles. The van der Waals surface area contributed by atoms with E-state index in [1.54, 1.807) is 0 Å². The van der Waals surface area contributed by atoms with Gasteiger partial charge < -0.3 is 14.7 Å². The zero-order valence-corrected chi connectivity index (χ0v) is 30.9. The van der Waals surface area contributed by atoms with Gasteiger partial charge in [0, 0.05) is 6.08 Å². The van der Waals surface area contributed by atoms with Crippen LogP contribution in [-0.2, 0) is 17.1 Å². The maximum Gasteiger partial charge on any atom is 2.00 e. The van der Waals surface area contributed by atoms with Crippen LogP contribution in [0.4, 0.5) is 0 Å². The normalized spacial score (nSPS) is 11.8. The predicted molar refractivity (Wildman–Crippen MR) is 225 cm³/mol. The van der Waals surface area contributed by atoms with Crippen LogP contribution in [0.25, 0.3) is 90.6 Å². The summed E-state index contributed by atoms with van der Waals surface area (Å²) in [6.45, 7) is 0. The van der Waals surface area contributed by atoms with Gasteiger partial charge in [-0.3, -0.25) is 0 Å². The Balaban J connectivity index is 0.00000410. The zero-order chi connectivity index (χ0) is 36.6. The van der Waals surface area contributed by atoms with Gasteiger partial charge in [-0.05, 0) is 68.8 Å². The smallest absolute Gasteiger partial charge is 0.657 e. The van der Waals surface area contributed by atoms with Crippen LogP contribution in [0.15, 0.2) is 176 Å². The molecule has 0 unspecified atom stereocenters. The standard InChI is InChI=1S/C50H32N4O.Cu/c1-6-16-33(17-7-1)46-38-26-27-39(51-38)47(34-18-8-2-9-19-34)41-30-31-43(53-41)49(36-22-12-4-13-23-36)50-45(55-37-24-14-5-15-25-37)32-44(54-50)48(35-20-10-3-11-21-35)42-29-28-40(46)52-42;/h1-32H;/q-2;+2. The van der Waals surface area contributed by atoms with Gasteiger partial charge >= 0.3 is 17.1 Å². The summed E-state index contributed by atoms with van der Waals surface area (Å²) in [4.78, 5) is 21.6. The molecule has 0 spiro atoms. The zero-order valence-electron chi connectivity index (χ0n) is 30.0. The molecule has 5 aromatic carbocycles. The molecule has 269 valence electrons. The third-order valence-corrected chi connectivity index (χ3v) is 9.90. The Hall–Kier alpha value is -6.98. The van der Waals surface area contributed by atoms with E-state index in [0.29, 0.717) is 17.2 Å². The van der Waals surface area contributed by atoms with Crippen LogP contribution in [0.1, 0.15) is 22.8 Å². The molecule has 8 bridgehead atoms. The van der Waals surface area contributed by atoms with E-state index in [1.807, 2.05) is 84.9 Å². The summed E-state index contributed by atoms with van der Waals surface area (Å²) in [6.07, 6.45) is 6.23. The van der Waals surface area contributed by atoms with Crippen LogP contribution in [0.3, 0.4) is 0 Å². The Morgan fingerprint density at radius 3 is 1.14 bits per heavy atom. The number of rotatable bonds is 6. The quantitative estimate of drug-likeness (QED) is 0.158. The molecule has 0 amide bonds. The van der Waals surface area contributed by atoms with E-state index in [0.717, 1.165) is 83.7 Å². The molecule has 3 aromatic heterocycles. The second-order valence-electron chi connectivity index (χ2n) is 13.4. The average Bonchev–Trinajstić information content (AvgIpc) is 4.08. The van der Waals surface area contributed by atoms with Crippen LogP contribution >= 0.6 is 0 Å². The Bertz CT molecular complexity index is 2920. The van der Waals surface area contributed by atoms with Crippen LogP contribution in [-0.4, -0.2) is 9.97 Å². The van der Waals surface area contributed by atoms with Crippen molar-refractivity contribution in [2.24, 2.45) is 0 Å². The molecule has 5 heterocycles. The number of benzene rings is 5. The fraction of sp³-hybridized carbons (Fsp3) is 0. The molecule has 0 atom stereocenters. The van der Waals surface area contributed by atoms with Crippen molar-refractivity contribution >= 4 is 46.1 Å². The van der Waals surface area contributed by atoms with Gasteiger partial charge in [-0.15, -0.1) is 22.1 Å². The van der Waals surface area contributed by atoms with Gasteiger partial charge in [0.05, 0.1) is 17.1 Å². The predicted octanol–water partition coefficient (Wildman–Crippen LogP) is 12.0. The van der Waals surface area contributed by atoms with Crippen molar-refractivity contribution in [3.8, 4) is 50.3 Å². The Kier molecular flexibility index (Phi) is 9.34. The second-order valence-corrected chi connectivity index (χ2v) is 13.4. The van der Waals surface area contributed by atoms with E-state index in [9.17, 15) is 0 Å². The molecule has 5 nitrogen and oxygen atoms in total. The number of nitrogens with zero attached hydrogens (tertiary/aromatic N) is 4. The molecule has 2 aliphatic rings. The van der Waals surface area contributed by atoms with Crippen molar-refractivity contribution in [2.45, 2.75) is 0 Å². The molecule has 8 aromatic rings. The minimum absolute atomic E-state index is 0. The average molecular weight is 768 g/mol. The van der Waals surface area contributed by atoms with Gasteiger partial charge in [-0.2, -0.15) is 0 Å². The molecule has 10 rings (SSSR count). The molecular weight excluding hydrogens is 736 g/mol. The van der Waals surface area contributed by atoms with Crippen molar-refractivity contribution < 1.29 is 21.8 Å². The van der Waals surface area contributed by atoms with E-state index >= 15 is 0 Å². The number of ether oxygens (including phenoxy) is 1. The summed E-state index contributed by atoms with van der Waals surface area (Å²) >= 11 is 0. The Morgan fingerprint density at radius 1 is 0.357 bits per heavy atom. The summed E-state index contributed by atoms with van der Waals surface area (Å²) in [5, 5.41) is 0. The maximum atomic E-state index is 6.75. The van der Waals surface area contributed by atoms with Crippen LogP contribution in [0.2, 0.25) is 0 Å². The van der Waals surface area contributed by atoms with E-state index in [-0.39, 0.29) is 17.1 Å². The summed E-state index contributed by atoms with van der Waals surface area (Å²) in [5.74, 6) is 1.34. The summed E-state index contributed by atoms with van der Waals surface area (Å²) in [5.41, 5.74) is 14.0. The van der Waals surface area contributed by atoms with E-state index < -0.39 is 0 Å². The number of hydrogen-bond acceptors (Lipinski definition) is 3. The third kappa shape index (κ3) is 6.47. The van der Waals surface area contributed by atoms with Crippen LogP contribution < -0.4 is 14.7 Å².